The lowest BCUT2D eigenvalue weighted by Crippen LogP contribution is -2.11. The topological polar surface area (TPSA) is 94.3 Å². The molecule has 1 aromatic heterocycles. The van der Waals surface area contributed by atoms with Crippen molar-refractivity contribution in [2.75, 3.05) is 11.1 Å². The number of thioether (sulfide) groups is 1. The van der Waals surface area contributed by atoms with Gasteiger partial charge in [-0.2, -0.15) is 4.98 Å². The summed E-state index contributed by atoms with van der Waals surface area (Å²) in [6, 6.07) is 10.6. The molecule has 9 heteroatoms. The first-order valence-corrected chi connectivity index (χ1v) is 9.39. The van der Waals surface area contributed by atoms with Gasteiger partial charge in [0.15, 0.2) is 6.61 Å². The average Bonchev–Trinajstić information content (AvgIpc) is 3.08. The van der Waals surface area contributed by atoms with Crippen molar-refractivity contribution in [1.82, 2.24) is 10.1 Å². The maximum atomic E-state index is 13.0. The lowest BCUT2D eigenvalue weighted by atomic mass is 10.2. The molecule has 2 heterocycles. The zero-order valence-electron chi connectivity index (χ0n) is 14.5. The van der Waals surface area contributed by atoms with Crippen molar-refractivity contribution < 1.29 is 23.2 Å². The van der Waals surface area contributed by atoms with Gasteiger partial charge in [-0.05, 0) is 42.5 Å². The first kappa shape index (κ1) is 18.2. The number of anilines is 1. The number of nitrogens with zero attached hydrogens (tertiary/aromatic N) is 2. The van der Waals surface area contributed by atoms with Gasteiger partial charge in [0, 0.05) is 22.6 Å². The number of esters is 1. The van der Waals surface area contributed by atoms with Gasteiger partial charge < -0.3 is 14.6 Å². The number of hydrogen-bond acceptors (Lipinski definition) is 7. The summed E-state index contributed by atoms with van der Waals surface area (Å²) in [6.07, 6.45) is 0.423. The number of halogens is 1. The number of aromatic nitrogens is 2. The number of nitrogens with one attached hydrogen (secondary N) is 1. The quantitative estimate of drug-likeness (QED) is 0.669. The second-order valence-electron chi connectivity index (χ2n) is 5.95. The van der Waals surface area contributed by atoms with Gasteiger partial charge in [0.25, 0.3) is 5.89 Å². The molecule has 7 nitrogen and oxygen atoms in total. The first-order valence-electron chi connectivity index (χ1n) is 8.41. The summed E-state index contributed by atoms with van der Waals surface area (Å²) in [6.45, 7) is -0.203. The molecule has 0 saturated carbocycles. The van der Waals surface area contributed by atoms with Crippen molar-refractivity contribution in [3.63, 3.8) is 0 Å². The molecule has 0 radical (unpaired) electrons. The summed E-state index contributed by atoms with van der Waals surface area (Å²) in [4.78, 5) is 29.0. The molecule has 1 aliphatic heterocycles. The fraction of sp³-hybridized carbons (Fsp3) is 0.158. The Morgan fingerprint density at radius 2 is 2.07 bits per heavy atom. The fourth-order valence-corrected chi connectivity index (χ4v) is 3.52. The van der Waals surface area contributed by atoms with Gasteiger partial charge in [0.05, 0.1) is 11.3 Å². The molecule has 0 spiro atoms. The van der Waals surface area contributed by atoms with E-state index in [1.807, 2.05) is 0 Å². The van der Waals surface area contributed by atoms with Crippen LogP contribution in [0.5, 0.6) is 0 Å². The zero-order chi connectivity index (χ0) is 19.5. The SMILES string of the molecule is O=C1CCSc2ccc(C(=O)OCc3nc(-c4ccc(F)cc4)no3)cc2N1. The summed E-state index contributed by atoms with van der Waals surface area (Å²) in [5.74, 6) is 0.0542. The molecule has 0 fully saturated rings. The van der Waals surface area contributed by atoms with Gasteiger partial charge in [-0.25, -0.2) is 9.18 Å². The van der Waals surface area contributed by atoms with Gasteiger partial charge in [0.2, 0.25) is 11.7 Å². The number of hydrogen-bond donors (Lipinski definition) is 1. The van der Waals surface area contributed by atoms with Crippen molar-refractivity contribution in [2.24, 2.45) is 0 Å². The summed E-state index contributed by atoms with van der Waals surface area (Å²) < 4.78 is 23.3. The number of fused-ring (bicyclic) bond motifs is 1. The van der Waals surface area contributed by atoms with Crippen LogP contribution < -0.4 is 5.32 Å². The van der Waals surface area contributed by atoms with Crippen molar-refractivity contribution in [3.05, 3.63) is 59.7 Å². The van der Waals surface area contributed by atoms with Crippen LogP contribution in [0.2, 0.25) is 0 Å². The zero-order valence-corrected chi connectivity index (χ0v) is 15.3. The van der Waals surface area contributed by atoms with Gasteiger partial charge in [-0.1, -0.05) is 5.16 Å². The van der Waals surface area contributed by atoms with E-state index in [4.69, 9.17) is 9.26 Å². The Morgan fingerprint density at radius 3 is 2.89 bits per heavy atom. The van der Waals surface area contributed by atoms with E-state index >= 15 is 0 Å². The van der Waals surface area contributed by atoms with E-state index in [1.54, 1.807) is 30.0 Å². The number of amides is 1. The van der Waals surface area contributed by atoms with Crippen LogP contribution in [0.4, 0.5) is 10.1 Å². The summed E-state index contributed by atoms with van der Waals surface area (Å²) in [5, 5.41) is 6.57. The third kappa shape index (κ3) is 4.04. The minimum atomic E-state index is -0.576. The van der Waals surface area contributed by atoms with Crippen LogP contribution >= 0.6 is 11.8 Å². The van der Waals surface area contributed by atoms with E-state index in [2.05, 4.69) is 15.5 Å². The highest BCUT2D eigenvalue weighted by Gasteiger charge is 2.17. The molecule has 142 valence electrons. The number of carbonyl (C=O) groups is 2. The summed E-state index contributed by atoms with van der Waals surface area (Å²) in [7, 11) is 0. The standard InChI is InChI=1S/C19H14FN3O4S/c20-13-4-1-11(2-5-13)18-22-17(27-23-18)10-26-19(25)12-3-6-15-14(9-12)21-16(24)7-8-28-15/h1-6,9H,7-8,10H2,(H,21,24). The molecular formula is C19H14FN3O4S. The van der Waals surface area contributed by atoms with E-state index in [9.17, 15) is 14.0 Å². The maximum absolute atomic E-state index is 13.0. The Balaban J connectivity index is 1.42. The average molecular weight is 399 g/mol. The monoisotopic (exact) mass is 399 g/mol. The second-order valence-corrected chi connectivity index (χ2v) is 7.09. The molecule has 1 aliphatic rings. The predicted octanol–water partition coefficient (Wildman–Crippen LogP) is 3.67. The number of carbonyl (C=O) groups excluding carboxylic acids is 2. The smallest absolute Gasteiger partial charge is 0.338 e. The molecule has 0 bridgehead atoms. The van der Waals surface area contributed by atoms with Crippen molar-refractivity contribution in [2.45, 2.75) is 17.9 Å². The van der Waals surface area contributed by atoms with E-state index in [0.29, 0.717) is 29.0 Å². The first-order chi connectivity index (χ1) is 13.6. The molecule has 0 unspecified atom stereocenters. The largest absolute Gasteiger partial charge is 0.452 e. The van der Waals surface area contributed by atoms with Crippen LogP contribution in [0.25, 0.3) is 11.4 Å². The Hall–Kier alpha value is -3.20. The Kier molecular flexibility index (Phi) is 5.07. The minimum Gasteiger partial charge on any atom is -0.452 e. The summed E-state index contributed by atoms with van der Waals surface area (Å²) in [5.41, 5.74) is 1.49. The van der Waals surface area contributed by atoms with Crippen molar-refractivity contribution in [3.8, 4) is 11.4 Å². The Labute approximate surface area is 163 Å². The highest BCUT2D eigenvalue weighted by Crippen LogP contribution is 2.31. The van der Waals surface area contributed by atoms with E-state index < -0.39 is 5.97 Å². The minimum absolute atomic E-state index is 0.0871. The van der Waals surface area contributed by atoms with Gasteiger partial charge >= 0.3 is 5.97 Å². The van der Waals surface area contributed by atoms with E-state index in [0.717, 1.165) is 4.90 Å². The van der Waals surface area contributed by atoms with Gasteiger partial charge in [0.1, 0.15) is 5.82 Å². The molecule has 2 aromatic carbocycles. The highest BCUT2D eigenvalue weighted by atomic mass is 32.2. The number of benzene rings is 2. The molecule has 28 heavy (non-hydrogen) atoms. The number of ether oxygens (including phenoxy) is 1. The van der Waals surface area contributed by atoms with E-state index in [-0.39, 0.29) is 30.0 Å². The van der Waals surface area contributed by atoms with Crippen molar-refractivity contribution >= 4 is 29.3 Å². The predicted molar refractivity (Wildman–Crippen MR) is 99.2 cm³/mol. The van der Waals surface area contributed by atoms with Gasteiger partial charge in [-0.15, -0.1) is 11.8 Å². The lowest BCUT2D eigenvalue weighted by Gasteiger charge is -2.08. The maximum Gasteiger partial charge on any atom is 0.338 e. The molecule has 1 N–H and O–H groups in total. The van der Waals surface area contributed by atoms with Crippen LogP contribution in [-0.4, -0.2) is 27.8 Å². The fourth-order valence-electron chi connectivity index (χ4n) is 2.59. The Bertz CT molecular complexity index is 1040. The van der Waals surface area contributed by atoms with Crippen LogP contribution in [0.3, 0.4) is 0 Å². The molecular weight excluding hydrogens is 385 g/mol. The van der Waals surface area contributed by atoms with Gasteiger partial charge in [-0.3, -0.25) is 4.79 Å². The second kappa shape index (κ2) is 7.81. The van der Waals surface area contributed by atoms with Crippen molar-refractivity contribution in [1.29, 1.82) is 0 Å². The van der Waals surface area contributed by atoms with Crippen LogP contribution in [-0.2, 0) is 16.1 Å². The Morgan fingerprint density at radius 1 is 1.25 bits per heavy atom. The third-order valence-corrected chi connectivity index (χ3v) is 5.05. The molecule has 3 aromatic rings. The molecule has 0 saturated heterocycles. The summed E-state index contributed by atoms with van der Waals surface area (Å²) >= 11 is 1.55. The number of rotatable bonds is 4. The van der Waals surface area contributed by atoms with Crippen LogP contribution in [0, 0.1) is 5.82 Å². The third-order valence-electron chi connectivity index (χ3n) is 3.97. The van der Waals surface area contributed by atoms with Crippen LogP contribution in [0.15, 0.2) is 51.9 Å². The molecule has 0 aliphatic carbocycles. The normalized spacial score (nSPS) is 13.4. The molecule has 1 amide bonds. The highest BCUT2D eigenvalue weighted by molar-refractivity contribution is 7.99. The van der Waals surface area contributed by atoms with E-state index in [1.165, 1.54) is 24.3 Å². The van der Waals surface area contributed by atoms with Crippen LogP contribution in [0.1, 0.15) is 22.7 Å². The lowest BCUT2D eigenvalue weighted by molar-refractivity contribution is -0.115. The molecule has 4 rings (SSSR count). The molecule has 0 atom stereocenters.